The average Bonchev–Trinajstić information content (AvgIpc) is 2.72. The molecule has 0 bridgehead atoms. The minimum atomic E-state index is 0.478. The summed E-state index contributed by atoms with van der Waals surface area (Å²) in [5, 5.41) is 6.54. The summed E-state index contributed by atoms with van der Waals surface area (Å²) in [7, 11) is 4.89. The maximum atomic E-state index is 5.42. The van der Waals surface area contributed by atoms with E-state index in [4.69, 9.17) is 14.2 Å². The van der Waals surface area contributed by atoms with Gasteiger partial charge in [0.25, 0.3) is 0 Å². The zero-order valence-corrected chi connectivity index (χ0v) is 16.4. The zero-order chi connectivity index (χ0) is 19.9. The van der Waals surface area contributed by atoms with Crippen molar-refractivity contribution in [3.05, 3.63) is 59.8 Å². The third kappa shape index (κ3) is 4.62. The van der Waals surface area contributed by atoms with Crippen molar-refractivity contribution in [2.75, 3.05) is 32.0 Å². The number of rotatable bonds is 8. The van der Waals surface area contributed by atoms with Gasteiger partial charge in [0.2, 0.25) is 5.95 Å². The molecule has 3 aromatic rings. The fourth-order valence-electron chi connectivity index (χ4n) is 2.77. The molecule has 28 heavy (non-hydrogen) atoms. The fraction of sp³-hybridized carbons (Fsp3) is 0.238. The molecule has 2 aromatic carbocycles. The number of ether oxygens (including phenoxy) is 3. The minimum Gasteiger partial charge on any atom is -0.497 e. The first-order valence-electron chi connectivity index (χ1n) is 8.83. The Labute approximate surface area is 164 Å². The SMILES string of the molecule is COc1ccc(Nc2nc(C)cc(NCc3ccccc3OC)n2)c(OC)c1. The quantitative estimate of drug-likeness (QED) is 0.607. The van der Waals surface area contributed by atoms with Gasteiger partial charge in [-0.1, -0.05) is 18.2 Å². The van der Waals surface area contributed by atoms with Crippen LogP contribution in [0.1, 0.15) is 11.3 Å². The summed E-state index contributed by atoms with van der Waals surface area (Å²) in [4.78, 5) is 9.02. The lowest BCUT2D eigenvalue weighted by Gasteiger charge is -2.14. The first kappa shape index (κ1) is 19.3. The molecule has 0 atom stereocenters. The molecule has 2 N–H and O–H groups in total. The number of hydrogen-bond donors (Lipinski definition) is 2. The maximum Gasteiger partial charge on any atom is 0.229 e. The fourth-order valence-corrected chi connectivity index (χ4v) is 2.77. The summed E-state index contributed by atoms with van der Waals surface area (Å²) >= 11 is 0. The second-order valence-electron chi connectivity index (χ2n) is 6.07. The van der Waals surface area contributed by atoms with Crippen LogP contribution >= 0.6 is 0 Å². The van der Waals surface area contributed by atoms with Crippen molar-refractivity contribution >= 4 is 17.5 Å². The van der Waals surface area contributed by atoms with Crippen molar-refractivity contribution < 1.29 is 14.2 Å². The van der Waals surface area contributed by atoms with E-state index in [2.05, 4.69) is 20.6 Å². The number of hydrogen-bond acceptors (Lipinski definition) is 7. The van der Waals surface area contributed by atoms with Crippen LogP contribution in [-0.4, -0.2) is 31.3 Å². The molecular weight excluding hydrogens is 356 g/mol. The van der Waals surface area contributed by atoms with Gasteiger partial charge in [0.15, 0.2) is 0 Å². The van der Waals surface area contributed by atoms with Crippen LogP contribution in [0.5, 0.6) is 17.2 Å². The highest BCUT2D eigenvalue weighted by Gasteiger charge is 2.09. The normalized spacial score (nSPS) is 10.3. The monoisotopic (exact) mass is 380 g/mol. The number of methoxy groups -OCH3 is 3. The molecule has 0 saturated heterocycles. The zero-order valence-electron chi connectivity index (χ0n) is 16.4. The Kier molecular flexibility index (Phi) is 6.16. The molecule has 0 fully saturated rings. The molecule has 0 aliphatic rings. The van der Waals surface area contributed by atoms with Gasteiger partial charge >= 0.3 is 0 Å². The maximum absolute atomic E-state index is 5.42. The molecular formula is C21H24N4O3. The van der Waals surface area contributed by atoms with E-state index in [1.165, 1.54) is 0 Å². The van der Waals surface area contributed by atoms with Crippen molar-refractivity contribution in [1.29, 1.82) is 0 Å². The second kappa shape index (κ2) is 8.94. The van der Waals surface area contributed by atoms with Crippen LogP contribution in [0, 0.1) is 6.92 Å². The van der Waals surface area contributed by atoms with E-state index in [0.717, 1.165) is 22.7 Å². The number of nitrogens with zero attached hydrogens (tertiary/aromatic N) is 2. The molecule has 1 heterocycles. The first-order valence-corrected chi connectivity index (χ1v) is 8.83. The van der Waals surface area contributed by atoms with E-state index in [1.54, 1.807) is 27.4 Å². The van der Waals surface area contributed by atoms with E-state index in [-0.39, 0.29) is 0 Å². The molecule has 7 nitrogen and oxygen atoms in total. The number of anilines is 3. The standard InChI is InChI=1S/C21H24N4O3/c1-14-11-20(22-13-15-7-5-6-8-18(15)27-3)25-21(23-14)24-17-10-9-16(26-2)12-19(17)28-4/h5-12H,13H2,1-4H3,(H2,22,23,24,25). The van der Waals surface area contributed by atoms with Gasteiger partial charge in [0.05, 0.1) is 27.0 Å². The summed E-state index contributed by atoms with van der Waals surface area (Å²) in [5.41, 5.74) is 2.64. The predicted molar refractivity (Wildman–Crippen MR) is 110 cm³/mol. The molecule has 0 aliphatic heterocycles. The van der Waals surface area contributed by atoms with E-state index in [1.807, 2.05) is 49.4 Å². The summed E-state index contributed by atoms with van der Waals surface area (Å²) in [6.07, 6.45) is 0. The lowest BCUT2D eigenvalue weighted by molar-refractivity contribution is 0.395. The molecule has 0 unspecified atom stereocenters. The Hall–Kier alpha value is -3.48. The molecule has 1 aromatic heterocycles. The molecule has 0 saturated carbocycles. The second-order valence-corrected chi connectivity index (χ2v) is 6.07. The molecule has 0 aliphatic carbocycles. The highest BCUT2D eigenvalue weighted by atomic mass is 16.5. The number of aryl methyl sites for hydroxylation is 1. The third-order valence-corrected chi connectivity index (χ3v) is 4.16. The molecule has 0 spiro atoms. The highest BCUT2D eigenvalue weighted by molar-refractivity contribution is 5.65. The van der Waals surface area contributed by atoms with Gasteiger partial charge in [-0.25, -0.2) is 4.98 Å². The van der Waals surface area contributed by atoms with Crippen molar-refractivity contribution in [1.82, 2.24) is 9.97 Å². The molecule has 0 amide bonds. The number of aromatic nitrogens is 2. The molecule has 146 valence electrons. The van der Waals surface area contributed by atoms with Crippen LogP contribution in [0.15, 0.2) is 48.5 Å². The lowest BCUT2D eigenvalue weighted by atomic mass is 10.2. The molecule has 0 radical (unpaired) electrons. The summed E-state index contributed by atoms with van der Waals surface area (Å²) in [6.45, 7) is 2.51. The van der Waals surface area contributed by atoms with Crippen LogP contribution in [-0.2, 0) is 6.54 Å². The highest BCUT2D eigenvalue weighted by Crippen LogP contribution is 2.31. The summed E-state index contributed by atoms with van der Waals surface area (Å²) in [6, 6.07) is 15.3. The average molecular weight is 380 g/mol. The van der Waals surface area contributed by atoms with Crippen LogP contribution in [0.2, 0.25) is 0 Å². The largest absolute Gasteiger partial charge is 0.497 e. The smallest absolute Gasteiger partial charge is 0.229 e. The van der Waals surface area contributed by atoms with Crippen LogP contribution in [0.4, 0.5) is 17.5 Å². The van der Waals surface area contributed by atoms with E-state index in [9.17, 15) is 0 Å². The van der Waals surface area contributed by atoms with E-state index < -0.39 is 0 Å². The van der Waals surface area contributed by atoms with Gasteiger partial charge in [-0.2, -0.15) is 4.98 Å². The Bertz CT molecular complexity index is 947. The van der Waals surface area contributed by atoms with Gasteiger partial charge in [-0.3, -0.25) is 0 Å². The van der Waals surface area contributed by atoms with E-state index in [0.29, 0.717) is 29.8 Å². The van der Waals surface area contributed by atoms with Crippen LogP contribution < -0.4 is 24.8 Å². The Morgan fingerprint density at radius 3 is 2.39 bits per heavy atom. The molecule has 3 rings (SSSR count). The number of para-hydroxylation sites is 1. The number of nitrogens with one attached hydrogen (secondary N) is 2. The predicted octanol–water partition coefficient (Wildman–Crippen LogP) is 4.17. The summed E-state index contributed by atoms with van der Waals surface area (Å²) < 4.78 is 16.1. The summed E-state index contributed by atoms with van der Waals surface area (Å²) in [5.74, 6) is 3.39. The Morgan fingerprint density at radius 1 is 0.857 bits per heavy atom. The van der Waals surface area contributed by atoms with Gasteiger partial charge < -0.3 is 24.8 Å². The Balaban J connectivity index is 1.78. The molecule has 7 heteroatoms. The van der Waals surface area contributed by atoms with E-state index >= 15 is 0 Å². The van der Waals surface area contributed by atoms with Gasteiger partial charge in [-0.15, -0.1) is 0 Å². The van der Waals surface area contributed by atoms with Crippen molar-refractivity contribution in [2.45, 2.75) is 13.5 Å². The first-order chi connectivity index (χ1) is 13.6. The lowest BCUT2D eigenvalue weighted by Crippen LogP contribution is -2.07. The van der Waals surface area contributed by atoms with Crippen molar-refractivity contribution in [3.63, 3.8) is 0 Å². The van der Waals surface area contributed by atoms with Gasteiger partial charge in [-0.05, 0) is 25.1 Å². The van der Waals surface area contributed by atoms with Gasteiger partial charge in [0, 0.05) is 29.9 Å². The van der Waals surface area contributed by atoms with Crippen LogP contribution in [0.25, 0.3) is 0 Å². The van der Waals surface area contributed by atoms with Gasteiger partial charge in [0.1, 0.15) is 23.1 Å². The Morgan fingerprint density at radius 2 is 1.64 bits per heavy atom. The third-order valence-electron chi connectivity index (χ3n) is 4.16. The van der Waals surface area contributed by atoms with Crippen molar-refractivity contribution in [3.8, 4) is 17.2 Å². The topological polar surface area (TPSA) is 77.5 Å². The van der Waals surface area contributed by atoms with Crippen LogP contribution in [0.3, 0.4) is 0 Å². The minimum absolute atomic E-state index is 0.478. The van der Waals surface area contributed by atoms with Crippen molar-refractivity contribution in [2.24, 2.45) is 0 Å². The number of benzene rings is 2.